The van der Waals surface area contributed by atoms with Gasteiger partial charge in [-0.1, -0.05) is 58.0 Å². The summed E-state index contributed by atoms with van der Waals surface area (Å²) in [5.41, 5.74) is 6.26. The highest BCUT2D eigenvalue weighted by molar-refractivity contribution is 7.80. The predicted octanol–water partition coefficient (Wildman–Crippen LogP) is 7.28. The topological polar surface area (TPSA) is 76.4 Å². The number of carbonyl (C=O) groups is 1. The van der Waals surface area contributed by atoms with Gasteiger partial charge >= 0.3 is 0 Å². The second-order valence-corrected chi connectivity index (χ2v) is 9.82. The average Bonchev–Trinajstić information content (AvgIpc) is 3.31. The van der Waals surface area contributed by atoms with Gasteiger partial charge in [-0.3, -0.25) is 10.1 Å². The standard InChI is InChI=1S/C30H31N3O3S/c1-18(2)21-9-6-20(7-10-21)8-15-28(34)33-30(37)32-24-17-23(12-13-26(24)35-5)29-31-25-16-22(19(3)4)11-14-27(25)36-29/h6-19H,1-5H3,(H2,32,33,34,37)/b15-8+. The minimum Gasteiger partial charge on any atom is -0.495 e. The summed E-state index contributed by atoms with van der Waals surface area (Å²) in [7, 11) is 1.57. The molecule has 190 valence electrons. The van der Waals surface area contributed by atoms with E-state index in [9.17, 15) is 4.79 Å². The summed E-state index contributed by atoms with van der Waals surface area (Å²) in [5.74, 6) is 1.58. The van der Waals surface area contributed by atoms with Crippen LogP contribution < -0.4 is 15.4 Å². The van der Waals surface area contributed by atoms with E-state index in [0.717, 1.165) is 22.2 Å². The summed E-state index contributed by atoms with van der Waals surface area (Å²) in [4.78, 5) is 17.1. The van der Waals surface area contributed by atoms with Crippen LogP contribution >= 0.6 is 12.2 Å². The number of oxazole rings is 1. The van der Waals surface area contributed by atoms with Crippen molar-refractivity contribution in [3.63, 3.8) is 0 Å². The zero-order valence-corrected chi connectivity index (χ0v) is 22.5. The number of nitrogens with one attached hydrogen (secondary N) is 2. The fraction of sp³-hybridized carbons (Fsp3) is 0.233. The fourth-order valence-electron chi connectivity index (χ4n) is 3.84. The monoisotopic (exact) mass is 513 g/mol. The Labute approximate surface area is 222 Å². The van der Waals surface area contributed by atoms with Crippen LogP contribution in [0.4, 0.5) is 5.69 Å². The summed E-state index contributed by atoms with van der Waals surface area (Å²) in [5, 5.41) is 5.88. The number of fused-ring (bicyclic) bond motifs is 1. The van der Waals surface area contributed by atoms with Crippen LogP contribution in [-0.2, 0) is 4.79 Å². The number of hydrogen-bond acceptors (Lipinski definition) is 5. The van der Waals surface area contributed by atoms with Crippen molar-refractivity contribution >= 4 is 46.1 Å². The van der Waals surface area contributed by atoms with E-state index in [1.54, 1.807) is 19.3 Å². The molecule has 1 heterocycles. The van der Waals surface area contributed by atoms with E-state index >= 15 is 0 Å². The zero-order valence-electron chi connectivity index (χ0n) is 21.7. The van der Waals surface area contributed by atoms with E-state index in [0.29, 0.717) is 29.2 Å². The first-order chi connectivity index (χ1) is 17.7. The van der Waals surface area contributed by atoms with Crippen molar-refractivity contribution in [3.8, 4) is 17.2 Å². The highest BCUT2D eigenvalue weighted by atomic mass is 32.1. The Bertz CT molecular complexity index is 1450. The number of aromatic nitrogens is 1. The summed E-state index contributed by atoms with van der Waals surface area (Å²) < 4.78 is 11.5. The third-order valence-electron chi connectivity index (χ3n) is 6.04. The van der Waals surface area contributed by atoms with E-state index in [1.165, 1.54) is 17.2 Å². The molecule has 37 heavy (non-hydrogen) atoms. The van der Waals surface area contributed by atoms with E-state index in [1.807, 2.05) is 36.4 Å². The Balaban J connectivity index is 1.46. The summed E-state index contributed by atoms with van der Waals surface area (Å²) in [6, 6.07) is 19.7. The van der Waals surface area contributed by atoms with Crippen LogP contribution in [0.1, 0.15) is 56.2 Å². The smallest absolute Gasteiger partial charge is 0.250 e. The van der Waals surface area contributed by atoms with Gasteiger partial charge in [0.25, 0.3) is 0 Å². The first kappa shape index (κ1) is 26.1. The number of anilines is 1. The Morgan fingerprint density at radius 3 is 2.35 bits per heavy atom. The second-order valence-electron chi connectivity index (χ2n) is 9.41. The van der Waals surface area contributed by atoms with E-state index < -0.39 is 0 Å². The first-order valence-corrected chi connectivity index (χ1v) is 12.6. The Morgan fingerprint density at radius 1 is 0.973 bits per heavy atom. The first-order valence-electron chi connectivity index (χ1n) is 12.2. The molecule has 0 aliphatic carbocycles. The lowest BCUT2D eigenvalue weighted by Crippen LogP contribution is -2.32. The van der Waals surface area contributed by atoms with Gasteiger partial charge < -0.3 is 14.5 Å². The molecule has 0 radical (unpaired) electrons. The zero-order chi connectivity index (χ0) is 26.5. The Morgan fingerprint density at radius 2 is 1.68 bits per heavy atom. The SMILES string of the molecule is COc1ccc(-c2nc3cc(C(C)C)ccc3o2)cc1NC(=S)NC(=O)/C=C/c1ccc(C(C)C)cc1. The average molecular weight is 514 g/mol. The van der Waals surface area contributed by atoms with Gasteiger partial charge in [0.05, 0.1) is 12.8 Å². The van der Waals surface area contributed by atoms with Crippen molar-refractivity contribution in [1.82, 2.24) is 10.3 Å². The van der Waals surface area contributed by atoms with E-state index in [-0.39, 0.29) is 11.0 Å². The van der Waals surface area contributed by atoms with Crippen LogP contribution in [0, 0.1) is 0 Å². The number of carbonyl (C=O) groups excluding carboxylic acids is 1. The Kier molecular flexibility index (Phi) is 8.04. The highest BCUT2D eigenvalue weighted by Gasteiger charge is 2.14. The lowest BCUT2D eigenvalue weighted by molar-refractivity contribution is -0.115. The molecular formula is C30H31N3O3S. The minimum atomic E-state index is -0.333. The van der Waals surface area contributed by atoms with Gasteiger partial charge in [0.2, 0.25) is 11.8 Å². The summed E-state index contributed by atoms with van der Waals surface area (Å²) >= 11 is 5.38. The Hall–Kier alpha value is -3.97. The quantitative estimate of drug-likeness (QED) is 0.200. The van der Waals surface area contributed by atoms with Crippen LogP contribution in [0.5, 0.6) is 5.75 Å². The van der Waals surface area contributed by atoms with Gasteiger partial charge in [-0.25, -0.2) is 4.98 Å². The number of amides is 1. The molecule has 0 spiro atoms. The van der Waals surface area contributed by atoms with Gasteiger partial charge in [0.15, 0.2) is 10.7 Å². The number of nitrogens with zero attached hydrogens (tertiary/aromatic N) is 1. The molecule has 0 saturated carbocycles. The van der Waals surface area contributed by atoms with Gasteiger partial charge in [0, 0.05) is 11.6 Å². The van der Waals surface area contributed by atoms with Gasteiger partial charge in [-0.15, -0.1) is 0 Å². The molecule has 0 bridgehead atoms. The number of rotatable bonds is 7. The van der Waals surface area contributed by atoms with Crippen LogP contribution in [0.15, 0.2) is 71.2 Å². The molecule has 0 unspecified atom stereocenters. The maximum atomic E-state index is 12.4. The van der Waals surface area contributed by atoms with Crippen molar-refractivity contribution in [2.45, 2.75) is 39.5 Å². The number of benzene rings is 3. The molecule has 7 heteroatoms. The number of methoxy groups -OCH3 is 1. The molecule has 0 aliphatic rings. The van der Waals surface area contributed by atoms with Gasteiger partial charge in [0.1, 0.15) is 11.3 Å². The lowest BCUT2D eigenvalue weighted by Gasteiger charge is -2.13. The number of ether oxygens (including phenoxy) is 1. The molecule has 0 atom stereocenters. The maximum Gasteiger partial charge on any atom is 0.250 e. The molecule has 4 aromatic rings. The van der Waals surface area contributed by atoms with Gasteiger partial charge in [-0.05, 0) is 77.2 Å². The van der Waals surface area contributed by atoms with Crippen LogP contribution in [0.3, 0.4) is 0 Å². The van der Waals surface area contributed by atoms with Gasteiger partial charge in [-0.2, -0.15) is 0 Å². The largest absolute Gasteiger partial charge is 0.495 e. The third kappa shape index (κ3) is 6.43. The van der Waals surface area contributed by atoms with E-state index in [2.05, 4.69) is 61.5 Å². The van der Waals surface area contributed by atoms with Crippen LogP contribution in [-0.4, -0.2) is 23.1 Å². The van der Waals surface area contributed by atoms with Crippen LogP contribution in [0.2, 0.25) is 0 Å². The maximum absolute atomic E-state index is 12.4. The molecule has 2 N–H and O–H groups in total. The molecule has 0 saturated heterocycles. The van der Waals surface area contributed by atoms with Crippen molar-refractivity contribution < 1.29 is 13.9 Å². The summed E-state index contributed by atoms with van der Waals surface area (Å²) in [6.07, 6.45) is 3.21. The minimum absolute atomic E-state index is 0.152. The second kappa shape index (κ2) is 11.4. The molecule has 3 aromatic carbocycles. The van der Waals surface area contributed by atoms with Crippen molar-refractivity contribution in [3.05, 3.63) is 83.4 Å². The third-order valence-corrected chi connectivity index (χ3v) is 6.24. The molecular weight excluding hydrogens is 482 g/mol. The molecule has 6 nitrogen and oxygen atoms in total. The fourth-order valence-corrected chi connectivity index (χ4v) is 4.05. The lowest BCUT2D eigenvalue weighted by atomic mass is 10.0. The number of hydrogen-bond donors (Lipinski definition) is 2. The summed E-state index contributed by atoms with van der Waals surface area (Å²) in [6.45, 7) is 8.58. The highest BCUT2D eigenvalue weighted by Crippen LogP contribution is 2.32. The molecule has 4 rings (SSSR count). The van der Waals surface area contributed by atoms with Crippen molar-refractivity contribution in [2.24, 2.45) is 0 Å². The predicted molar refractivity (Wildman–Crippen MR) is 154 cm³/mol. The normalized spacial score (nSPS) is 11.4. The van der Waals surface area contributed by atoms with Crippen LogP contribution in [0.25, 0.3) is 28.6 Å². The molecule has 1 amide bonds. The van der Waals surface area contributed by atoms with E-state index in [4.69, 9.17) is 21.4 Å². The number of thiocarbonyl (C=S) groups is 1. The molecule has 0 aliphatic heterocycles. The van der Waals surface area contributed by atoms with Crippen molar-refractivity contribution in [2.75, 3.05) is 12.4 Å². The molecule has 1 aromatic heterocycles. The molecule has 0 fully saturated rings. The van der Waals surface area contributed by atoms with Crippen molar-refractivity contribution in [1.29, 1.82) is 0 Å².